The molecule has 42 heavy (non-hydrogen) atoms. The average Bonchev–Trinajstić information content (AvgIpc) is 2.96. The lowest BCUT2D eigenvalue weighted by molar-refractivity contribution is 0.306. The second-order valence-electron chi connectivity index (χ2n) is 12.6. The summed E-state index contributed by atoms with van der Waals surface area (Å²) in [6.45, 7) is 16.9. The monoisotopic (exact) mass is 612 g/mol. The lowest BCUT2D eigenvalue weighted by atomic mass is 9.99. The number of benzene rings is 3. The Morgan fingerprint density at radius 2 is 1.26 bits per heavy atom. The average molecular weight is 613 g/mol. The molecule has 0 aliphatic heterocycles. The smallest absolute Gasteiger partial charge is 0.201 e. The molecule has 3 aromatic carbocycles. The van der Waals surface area contributed by atoms with Gasteiger partial charge in [0.25, 0.3) is 0 Å². The zero-order chi connectivity index (χ0) is 30.8. The van der Waals surface area contributed by atoms with Crippen LogP contribution < -0.4 is 9.47 Å². The number of rotatable bonds is 17. The van der Waals surface area contributed by atoms with Crippen LogP contribution in [0.1, 0.15) is 52.9 Å². The first kappa shape index (κ1) is 34.0. The lowest BCUT2D eigenvalue weighted by Gasteiger charge is -2.34. The highest BCUT2D eigenvalue weighted by atomic mass is 28.4. The summed E-state index contributed by atoms with van der Waals surface area (Å²) in [4.78, 5) is 0. The predicted octanol–water partition coefficient (Wildman–Crippen LogP) is 11.1. The maximum atomic E-state index is 14.6. The molecule has 0 N–H and O–H groups in total. The Morgan fingerprint density at radius 1 is 0.667 bits per heavy atom. The van der Waals surface area contributed by atoms with Crippen LogP contribution in [0.5, 0.6) is 11.5 Å². The van der Waals surface area contributed by atoms with Crippen molar-refractivity contribution in [1.82, 2.24) is 0 Å². The first-order valence-corrected chi connectivity index (χ1v) is 21.8. The van der Waals surface area contributed by atoms with Gasteiger partial charge in [0, 0.05) is 5.56 Å². The van der Waals surface area contributed by atoms with Gasteiger partial charge in [-0.15, -0.1) is 0 Å². The van der Waals surface area contributed by atoms with E-state index in [2.05, 4.69) is 40.0 Å². The Hall–Kier alpha value is -2.49. The van der Waals surface area contributed by atoms with Gasteiger partial charge in [-0.1, -0.05) is 75.9 Å². The Balaban J connectivity index is 1.43. The molecule has 1 unspecified atom stereocenters. The summed E-state index contributed by atoms with van der Waals surface area (Å²) in [7, 11) is -3.23. The van der Waals surface area contributed by atoms with Crippen molar-refractivity contribution in [2.24, 2.45) is 5.92 Å². The first-order chi connectivity index (χ1) is 19.9. The summed E-state index contributed by atoms with van der Waals surface area (Å²) < 4.78 is 46.9. The van der Waals surface area contributed by atoms with Crippen molar-refractivity contribution >= 4 is 16.6 Å². The highest BCUT2D eigenvalue weighted by molar-refractivity contribution is 6.84. The molecule has 3 rings (SSSR count). The number of halogens is 2. The third-order valence-corrected chi connectivity index (χ3v) is 15.4. The maximum absolute atomic E-state index is 14.6. The van der Waals surface area contributed by atoms with Crippen molar-refractivity contribution in [1.29, 1.82) is 0 Å². The van der Waals surface area contributed by atoms with Crippen LogP contribution in [0, 0.1) is 17.6 Å². The highest BCUT2D eigenvalue weighted by Crippen LogP contribution is 2.32. The molecule has 0 fully saturated rings. The fraction of sp³-hybridized carbons (Fsp3) is 0.486. The molecular formula is C35H50F2O3Si2. The third-order valence-electron chi connectivity index (χ3n) is 7.91. The summed E-state index contributed by atoms with van der Waals surface area (Å²) in [5.41, 5.74) is 2.86. The van der Waals surface area contributed by atoms with E-state index >= 15 is 0 Å². The van der Waals surface area contributed by atoms with Gasteiger partial charge in [0.2, 0.25) is 5.82 Å². The topological polar surface area (TPSA) is 27.7 Å². The van der Waals surface area contributed by atoms with Crippen LogP contribution >= 0.6 is 0 Å². The van der Waals surface area contributed by atoms with Crippen LogP contribution in [0.15, 0.2) is 60.7 Å². The van der Waals surface area contributed by atoms with Crippen molar-refractivity contribution in [3.63, 3.8) is 0 Å². The Kier molecular flexibility index (Phi) is 12.8. The van der Waals surface area contributed by atoms with Crippen molar-refractivity contribution in [3.8, 4) is 33.8 Å². The maximum Gasteiger partial charge on any atom is 0.201 e. The molecule has 230 valence electrons. The summed E-state index contributed by atoms with van der Waals surface area (Å²) in [6.07, 6.45) is 5.92. The van der Waals surface area contributed by atoms with Crippen LogP contribution in [-0.2, 0) is 4.12 Å². The van der Waals surface area contributed by atoms with Gasteiger partial charge in [-0.2, -0.15) is 4.39 Å². The number of ether oxygens (including phenoxy) is 2. The van der Waals surface area contributed by atoms with Gasteiger partial charge in [-0.05, 0) is 98.5 Å². The predicted molar refractivity (Wildman–Crippen MR) is 177 cm³/mol. The largest absolute Gasteiger partial charge is 0.494 e. The molecule has 0 heterocycles. The minimum atomic E-state index is -1.64. The first-order valence-electron chi connectivity index (χ1n) is 15.6. The van der Waals surface area contributed by atoms with Gasteiger partial charge < -0.3 is 13.6 Å². The van der Waals surface area contributed by atoms with E-state index in [1.165, 1.54) is 37.4 Å². The standard InChI is InChI=1S/C35H50F2O3Si2/c1-8-27(3)23-26-42(6,7)40-41(4,5)25-12-10-11-24-39-31-19-17-29(18-20-31)28-13-15-30(16-14-28)32-21-22-33(38-9-2)35(37)34(32)36/h13-22,27H,8-12,23-26H2,1-7H3. The van der Waals surface area contributed by atoms with Gasteiger partial charge in [0.15, 0.2) is 28.2 Å². The molecule has 0 aliphatic carbocycles. The van der Waals surface area contributed by atoms with Crippen molar-refractivity contribution < 1.29 is 22.4 Å². The Labute approximate surface area is 254 Å². The van der Waals surface area contributed by atoms with Crippen LogP contribution in [0.3, 0.4) is 0 Å². The highest BCUT2D eigenvalue weighted by Gasteiger charge is 2.32. The molecule has 0 radical (unpaired) electrons. The fourth-order valence-corrected chi connectivity index (χ4v) is 14.4. The van der Waals surface area contributed by atoms with E-state index in [0.29, 0.717) is 12.2 Å². The minimum Gasteiger partial charge on any atom is -0.494 e. The van der Waals surface area contributed by atoms with Crippen molar-refractivity contribution in [3.05, 3.63) is 72.3 Å². The number of hydrogen-bond acceptors (Lipinski definition) is 3. The lowest BCUT2D eigenvalue weighted by Crippen LogP contribution is -2.44. The van der Waals surface area contributed by atoms with E-state index in [1.807, 2.05) is 48.5 Å². The molecule has 3 nitrogen and oxygen atoms in total. The van der Waals surface area contributed by atoms with Gasteiger partial charge in [-0.25, -0.2) is 4.39 Å². The number of hydrogen-bond donors (Lipinski definition) is 0. The molecular weight excluding hydrogens is 563 g/mol. The molecule has 1 atom stereocenters. The van der Waals surface area contributed by atoms with Crippen molar-refractivity contribution in [2.45, 2.75) is 91.2 Å². The van der Waals surface area contributed by atoms with Gasteiger partial charge in [0.1, 0.15) is 5.75 Å². The number of unbranched alkanes of at least 4 members (excludes halogenated alkanes) is 2. The third kappa shape index (κ3) is 10.4. The Morgan fingerprint density at radius 3 is 1.88 bits per heavy atom. The molecule has 7 heteroatoms. The van der Waals surface area contributed by atoms with Crippen LogP contribution in [0.2, 0.25) is 38.3 Å². The molecule has 3 aromatic rings. The zero-order valence-electron chi connectivity index (χ0n) is 26.7. The van der Waals surface area contributed by atoms with Gasteiger partial charge >= 0.3 is 0 Å². The van der Waals surface area contributed by atoms with E-state index < -0.39 is 28.3 Å². The van der Waals surface area contributed by atoms with Gasteiger partial charge in [-0.3, -0.25) is 0 Å². The molecule has 0 aliphatic rings. The molecule has 0 spiro atoms. The van der Waals surface area contributed by atoms with Gasteiger partial charge in [0.05, 0.1) is 13.2 Å². The second kappa shape index (κ2) is 15.8. The summed E-state index contributed by atoms with van der Waals surface area (Å²) >= 11 is 0. The molecule has 0 bridgehead atoms. The van der Waals surface area contributed by atoms with Crippen LogP contribution in [-0.4, -0.2) is 29.8 Å². The quantitative estimate of drug-likeness (QED) is 0.112. The normalized spacial score (nSPS) is 12.8. The molecule has 0 amide bonds. The SMILES string of the molecule is CCOc1ccc(-c2ccc(-c3ccc(OCCCCC[Si](C)(C)O[Si](C)(C)CCC(C)CC)cc3)cc2)c(F)c1F. The summed E-state index contributed by atoms with van der Waals surface area (Å²) in [5.74, 6) is -0.269. The molecule has 0 saturated carbocycles. The molecule has 0 saturated heterocycles. The minimum absolute atomic E-state index is 0.0680. The Bertz CT molecular complexity index is 1240. The second-order valence-corrected chi connectivity index (χ2v) is 21.5. The zero-order valence-corrected chi connectivity index (χ0v) is 28.7. The van der Waals surface area contributed by atoms with Crippen LogP contribution in [0.25, 0.3) is 22.3 Å². The summed E-state index contributed by atoms with van der Waals surface area (Å²) in [6, 6.07) is 21.0. The fourth-order valence-electron chi connectivity index (χ4n) is 5.28. The van der Waals surface area contributed by atoms with Crippen LogP contribution in [0.4, 0.5) is 8.78 Å². The summed E-state index contributed by atoms with van der Waals surface area (Å²) in [5, 5.41) is 0. The van der Waals surface area contributed by atoms with E-state index in [0.717, 1.165) is 35.6 Å². The van der Waals surface area contributed by atoms with E-state index in [4.69, 9.17) is 13.6 Å². The van der Waals surface area contributed by atoms with E-state index in [9.17, 15) is 8.78 Å². The van der Waals surface area contributed by atoms with E-state index in [-0.39, 0.29) is 17.9 Å². The van der Waals surface area contributed by atoms with Crippen molar-refractivity contribution in [2.75, 3.05) is 13.2 Å². The molecule has 0 aromatic heterocycles. The van der Waals surface area contributed by atoms with E-state index in [1.54, 1.807) is 13.0 Å².